The van der Waals surface area contributed by atoms with Crippen LogP contribution in [-0.2, 0) is 25.5 Å². The highest BCUT2D eigenvalue weighted by atomic mass is 16.5. The number of likely N-dealkylation sites (tertiary alicyclic amines) is 1. The Balaban J connectivity index is 1.74. The molecule has 0 radical (unpaired) electrons. The fourth-order valence-electron chi connectivity index (χ4n) is 2.98. The smallest absolute Gasteiger partial charge is 0.326 e. The Bertz CT molecular complexity index is 663. The molecule has 0 spiro atoms. The number of carboxylic acids is 1. The predicted octanol–water partition coefficient (Wildman–Crippen LogP) is 0.836. The van der Waals surface area contributed by atoms with Gasteiger partial charge in [-0.2, -0.15) is 0 Å². The van der Waals surface area contributed by atoms with Gasteiger partial charge in [0.1, 0.15) is 18.4 Å². The number of aliphatic carboxylic acids is 1. The van der Waals surface area contributed by atoms with E-state index in [1.807, 2.05) is 24.3 Å². The van der Waals surface area contributed by atoms with Crippen LogP contribution in [0.1, 0.15) is 24.8 Å². The molecule has 2 rings (SSSR count). The molecule has 1 heterocycles. The number of carboxylic acid groups (broad SMARTS) is 1. The number of aryl methyl sites for hydroxylation is 1. The van der Waals surface area contributed by atoms with Gasteiger partial charge in [0.05, 0.1) is 13.2 Å². The van der Waals surface area contributed by atoms with Crippen LogP contribution in [-0.4, -0.2) is 67.2 Å². The molecule has 148 valence electrons. The molecule has 8 heteroatoms. The van der Waals surface area contributed by atoms with Crippen LogP contribution in [0, 0.1) is 0 Å². The van der Waals surface area contributed by atoms with Crippen LogP contribution in [0.5, 0.6) is 5.75 Å². The van der Waals surface area contributed by atoms with Crippen molar-refractivity contribution < 1.29 is 29.0 Å². The van der Waals surface area contributed by atoms with Gasteiger partial charge in [-0.25, -0.2) is 4.79 Å². The van der Waals surface area contributed by atoms with Crippen molar-refractivity contribution in [2.45, 2.75) is 31.7 Å². The van der Waals surface area contributed by atoms with Crippen LogP contribution in [0.15, 0.2) is 24.3 Å². The van der Waals surface area contributed by atoms with Crippen molar-refractivity contribution in [2.75, 3.05) is 33.4 Å². The lowest BCUT2D eigenvalue weighted by atomic mass is 10.1. The van der Waals surface area contributed by atoms with Crippen molar-refractivity contribution >= 4 is 17.8 Å². The molecule has 27 heavy (non-hydrogen) atoms. The molecule has 1 saturated heterocycles. The number of amides is 2. The Kier molecular flexibility index (Phi) is 8.06. The van der Waals surface area contributed by atoms with Crippen molar-refractivity contribution in [2.24, 2.45) is 0 Å². The summed E-state index contributed by atoms with van der Waals surface area (Å²) in [6.07, 6.45) is 1.87. The van der Waals surface area contributed by atoms with E-state index < -0.39 is 12.0 Å². The number of nitrogens with zero attached hydrogens (tertiary/aromatic N) is 1. The summed E-state index contributed by atoms with van der Waals surface area (Å²) in [7, 11) is 1.61. The number of methoxy groups -OCH3 is 1. The summed E-state index contributed by atoms with van der Waals surface area (Å²) in [5.74, 6) is -0.893. The molecule has 1 atom stereocenters. The first-order chi connectivity index (χ1) is 13.0. The highest BCUT2D eigenvalue weighted by molar-refractivity contribution is 5.88. The van der Waals surface area contributed by atoms with Crippen molar-refractivity contribution in [3.05, 3.63) is 29.8 Å². The van der Waals surface area contributed by atoms with Crippen molar-refractivity contribution in [1.82, 2.24) is 10.2 Å². The summed E-state index contributed by atoms with van der Waals surface area (Å²) in [4.78, 5) is 36.6. The summed E-state index contributed by atoms with van der Waals surface area (Å²) < 4.78 is 10.5. The number of hydrogen-bond donors (Lipinski definition) is 2. The summed E-state index contributed by atoms with van der Waals surface area (Å²) in [5.41, 5.74) is 0.955. The van der Waals surface area contributed by atoms with Crippen LogP contribution >= 0.6 is 0 Å². The molecule has 1 aromatic carbocycles. The molecule has 1 aromatic rings. The predicted molar refractivity (Wildman–Crippen MR) is 97.5 cm³/mol. The van der Waals surface area contributed by atoms with E-state index >= 15 is 0 Å². The minimum atomic E-state index is -1.00. The lowest BCUT2D eigenvalue weighted by molar-refractivity contribution is -0.148. The quantitative estimate of drug-likeness (QED) is 0.585. The number of carbonyl (C=O) groups excluding carboxylic acids is 2. The van der Waals surface area contributed by atoms with Crippen LogP contribution in [0.25, 0.3) is 0 Å². The number of hydrogen-bond acceptors (Lipinski definition) is 5. The number of nitrogens with one attached hydrogen (secondary N) is 1. The van der Waals surface area contributed by atoms with Crippen LogP contribution in [0.4, 0.5) is 0 Å². The van der Waals surface area contributed by atoms with Crippen LogP contribution in [0.2, 0.25) is 0 Å². The van der Waals surface area contributed by atoms with Gasteiger partial charge >= 0.3 is 5.97 Å². The van der Waals surface area contributed by atoms with E-state index in [0.29, 0.717) is 44.8 Å². The van der Waals surface area contributed by atoms with Gasteiger partial charge in [0.15, 0.2) is 0 Å². The van der Waals surface area contributed by atoms with E-state index in [1.165, 1.54) is 4.90 Å². The maximum absolute atomic E-state index is 12.1. The van der Waals surface area contributed by atoms with E-state index in [2.05, 4.69) is 5.32 Å². The third-order valence-corrected chi connectivity index (χ3v) is 4.39. The van der Waals surface area contributed by atoms with E-state index in [0.717, 1.165) is 5.56 Å². The van der Waals surface area contributed by atoms with Gasteiger partial charge in [0, 0.05) is 20.1 Å². The fourth-order valence-corrected chi connectivity index (χ4v) is 2.98. The standard InChI is InChI=1S/C19H26N2O6/c1-26-10-11-27-15-5-2-4-14(12-15)7-8-17(22)20-13-18(23)21-9-3-6-16(21)19(24)25/h2,4-5,12,16H,3,6-11,13H2,1H3,(H,20,22)(H,24,25). The Morgan fingerprint density at radius 2 is 2.11 bits per heavy atom. The molecule has 2 N–H and O–H groups in total. The first-order valence-corrected chi connectivity index (χ1v) is 9.01. The minimum Gasteiger partial charge on any atom is -0.491 e. The zero-order chi connectivity index (χ0) is 19.6. The zero-order valence-corrected chi connectivity index (χ0v) is 15.5. The zero-order valence-electron chi connectivity index (χ0n) is 15.5. The van der Waals surface area contributed by atoms with Gasteiger partial charge in [0.25, 0.3) is 0 Å². The highest BCUT2D eigenvalue weighted by Crippen LogP contribution is 2.17. The normalized spacial score (nSPS) is 16.2. The molecule has 0 saturated carbocycles. The Hall–Kier alpha value is -2.61. The second-order valence-corrected chi connectivity index (χ2v) is 6.35. The van der Waals surface area contributed by atoms with Crippen molar-refractivity contribution in [1.29, 1.82) is 0 Å². The van der Waals surface area contributed by atoms with Gasteiger partial charge in [-0.3, -0.25) is 9.59 Å². The minimum absolute atomic E-state index is 0.178. The molecule has 1 aliphatic heterocycles. The van der Waals surface area contributed by atoms with Gasteiger partial charge < -0.3 is 24.8 Å². The maximum atomic E-state index is 12.1. The monoisotopic (exact) mass is 378 g/mol. The Labute approximate surface area is 158 Å². The largest absolute Gasteiger partial charge is 0.491 e. The molecule has 1 fully saturated rings. The molecule has 0 bridgehead atoms. The first kappa shape index (κ1) is 20.7. The van der Waals surface area contributed by atoms with Gasteiger partial charge in [-0.1, -0.05) is 12.1 Å². The average molecular weight is 378 g/mol. The molecule has 0 aliphatic carbocycles. The second-order valence-electron chi connectivity index (χ2n) is 6.35. The van der Waals surface area contributed by atoms with E-state index in [1.54, 1.807) is 7.11 Å². The molecule has 2 amide bonds. The van der Waals surface area contributed by atoms with Crippen molar-refractivity contribution in [3.63, 3.8) is 0 Å². The second kappa shape index (κ2) is 10.5. The van der Waals surface area contributed by atoms with Crippen molar-refractivity contribution in [3.8, 4) is 5.75 Å². The fraction of sp³-hybridized carbons (Fsp3) is 0.526. The molecule has 0 aromatic heterocycles. The molecule has 1 aliphatic rings. The summed E-state index contributed by atoms with van der Waals surface area (Å²) in [6, 6.07) is 6.69. The Morgan fingerprint density at radius 1 is 1.30 bits per heavy atom. The summed E-state index contributed by atoms with van der Waals surface area (Å²) in [6.45, 7) is 1.20. The maximum Gasteiger partial charge on any atom is 0.326 e. The van der Waals surface area contributed by atoms with Gasteiger partial charge in [0.2, 0.25) is 11.8 Å². The lowest BCUT2D eigenvalue weighted by Gasteiger charge is -2.21. The third kappa shape index (κ3) is 6.56. The molecular formula is C19H26N2O6. The summed E-state index contributed by atoms with van der Waals surface area (Å²) >= 11 is 0. The third-order valence-electron chi connectivity index (χ3n) is 4.39. The lowest BCUT2D eigenvalue weighted by Crippen LogP contribution is -2.45. The molecular weight excluding hydrogens is 352 g/mol. The van der Waals surface area contributed by atoms with Crippen LogP contribution < -0.4 is 10.1 Å². The molecule has 8 nitrogen and oxygen atoms in total. The highest BCUT2D eigenvalue weighted by Gasteiger charge is 2.33. The average Bonchev–Trinajstić information content (AvgIpc) is 3.15. The molecule has 1 unspecified atom stereocenters. The first-order valence-electron chi connectivity index (χ1n) is 9.01. The van der Waals surface area contributed by atoms with Gasteiger partial charge in [-0.05, 0) is 37.0 Å². The van der Waals surface area contributed by atoms with E-state index in [4.69, 9.17) is 14.6 Å². The SMILES string of the molecule is COCCOc1cccc(CCC(=O)NCC(=O)N2CCCC2C(=O)O)c1. The number of carbonyl (C=O) groups is 3. The van der Waals surface area contributed by atoms with Gasteiger partial charge in [-0.15, -0.1) is 0 Å². The number of ether oxygens (including phenoxy) is 2. The Morgan fingerprint density at radius 3 is 2.85 bits per heavy atom. The summed E-state index contributed by atoms with van der Waals surface area (Å²) in [5, 5.41) is 11.7. The van der Waals surface area contributed by atoms with E-state index in [9.17, 15) is 14.4 Å². The number of rotatable bonds is 10. The van der Waals surface area contributed by atoms with E-state index in [-0.39, 0.29) is 24.8 Å². The topological polar surface area (TPSA) is 105 Å². The van der Waals surface area contributed by atoms with Crippen LogP contribution in [0.3, 0.4) is 0 Å². The number of benzene rings is 1.